The van der Waals surface area contributed by atoms with Crippen LogP contribution in [0.25, 0.3) is 0 Å². The smallest absolute Gasteiger partial charge is 0.155 e. The van der Waals surface area contributed by atoms with E-state index < -0.39 is 0 Å². The minimum absolute atomic E-state index is 0.359. The largest absolute Gasteiger partial charge is 0.354 e. The third-order valence-corrected chi connectivity index (χ3v) is 5.31. The third kappa shape index (κ3) is 2.91. The van der Waals surface area contributed by atoms with E-state index in [1.165, 1.54) is 6.42 Å². The lowest BCUT2D eigenvalue weighted by Gasteiger charge is -2.24. The third-order valence-electron chi connectivity index (χ3n) is 3.58. The minimum Gasteiger partial charge on any atom is -0.354 e. The summed E-state index contributed by atoms with van der Waals surface area (Å²) in [5.74, 6) is 2.13. The summed E-state index contributed by atoms with van der Waals surface area (Å²) in [4.78, 5) is 2.34. The summed E-state index contributed by atoms with van der Waals surface area (Å²) >= 11 is 8.04. The molecule has 2 rings (SSSR count). The van der Waals surface area contributed by atoms with E-state index in [-0.39, 0.29) is 0 Å². The summed E-state index contributed by atoms with van der Waals surface area (Å²) in [6, 6.07) is 0. The van der Waals surface area contributed by atoms with Gasteiger partial charge in [-0.3, -0.25) is 0 Å². The zero-order valence-electron chi connectivity index (χ0n) is 11.5. The summed E-state index contributed by atoms with van der Waals surface area (Å²) in [6.07, 6.45) is 1.17. The first-order valence-electron chi connectivity index (χ1n) is 6.29. The molecule has 0 N–H and O–H groups in total. The Morgan fingerprint density at radius 3 is 2.61 bits per heavy atom. The second-order valence-electron chi connectivity index (χ2n) is 5.41. The molecule has 0 radical (unpaired) electrons. The molecule has 1 saturated heterocycles. The van der Waals surface area contributed by atoms with Crippen molar-refractivity contribution in [3.05, 3.63) is 16.3 Å². The van der Waals surface area contributed by atoms with Crippen LogP contribution in [0.2, 0.25) is 5.15 Å². The van der Waals surface area contributed by atoms with E-state index in [0.717, 1.165) is 35.8 Å². The van der Waals surface area contributed by atoms with Gasteiger partial charge in [-0.25, -0.2) is 0 Å². The van der Waals surface area contributed by atoms with Gasteiger partial charge < -0.3 is 4.90 Å². The second kappa shape index (κ2) is 5.25. The van der Waals surface area contributed by atoms with Crippen molar-refractivity contribution in [1.82, 2.24) is 10.2 Å². The average molecular weight is 286 g/mol. The molecule has 2 heterocycles. The SMILES string of the molecule is Cc1c(Cl)nnc(N2CCSC(C)(C)CC2)c1C. The van der Waals surface area contributed by atoms with Crippen LogP contribution in [0.5, 0.6) is 0 Å². The molecule has 0 aromatic carbocycles. The summed E-state index contributed by atoms with van der Waals surface area (Å²) in [5.41, 5.74) is 2.19. The fraction of sp³-hybridized carbons (Fsp3) is 0.692. The Morgan fingerprint density at radius 1 is 1.17 bits per heavy atom. The van der Waals surface area contributed by atoms with Crippen LogP contribution in [-0.2, 0) is 0 Å². The van der Waals surface area contributed by atoms with Crippen molar-refractivity contribution in [2.75, 3.05) is 23.7 Å². The number of hydrogen-bond acceptors (Lipinski definition) is 4. The molecule has 0 bridgehead atoms. The maximum atomic E-state index is 6.01. The van der Waals surface area contributed by atoms with Crippen molar-refractivity contribution >= 4 is 29.2 Å². The molecular weight excluding hydrogens is 266 g/mol. The van der Waals surface area contributed by atoms with Gasteiger partial charge in [-0.05, 0) is 31.4 Å². The molecule has 0 unspecified atom stereocenters. The summed E-state index contributed by atoms with van der Waals surface area (Å²) in [6.45, 7) is 10.8. The van der Waals surface area contributed by atoms with Gasteiger partial charge in [0.1, 0.15) is 0 Å². The van der Waals surface area contributed by atoms with E-state index in [2.05, 4.69) is 35.9 Å². The van der Waals surface area contributed by atoms with Gasteiger partial charge in [0.2, 0.25) is 0 Å². The summed E-state index contributed by atoms with van der Waals surface area (Å²) < 4.78 is 0.359. The van der Waals surface area contributed by atoms with Crippen molar-refractivity contribution in [2.45, 2.75) is 38.9 Å². The van der Waals surface area contributed by atoms with E-state index in [1.54, 1.807) is 0 Å². The van der Waals surface area contributed by atoms with E-state index in [4.69, 9.17) is 11.6 Å². The summed E-state index contributed by atoms with van der Waals surface area (Å²) in [5, 5.41) is 8.85. The topological polar surface area (TPSA) is 29.0 Å². The highest BCUT2D eigenvalue weighted by molar-refractivity contribution is 8.00. The van der Waals surface area contributed by atoms with Gasteiger partial charge in [0.25, 0.3) is 0 Å². The van der Waals surface area contributed by atoms with Crippen molar-refractivity contribution in [3.8, 4) is 0 Å². The Morgan fingerprint density at radius 2 is 1.89 bits per heavy atom. The van der Waals surface area contributed by atoms with Crippen molar-refractivity contribution in [3.63, 3.8) is 0 Å². The molecule has 100 valence electrons. The van der Waals surface area contributed by atoms with Crippen molar-refractivity contribution in [1.29, 1.82) is 0 Å². The highest BCUT2D eigenvalue weighted by Crippen LogP contribution is 2.33. The van der Waals surface area contributed by atoms with Gasteiger partial charge in [-0.15, -0.1) is 10.2 Å². The molecule has 1 aliphatic heterocycles. The highest BCUT2D eigenvalue weighted by Gasteiger charge is 2.25. The zero-order chi connectivity index (χ0) is 13.3. The van der Waals surface area contributed by atoms with E-state index in [1.807, 2.05) is 18.7 Å². The van der Waals surface area contributed by atoms with Crippen LogP contribution in [0, 0.1) is 13.8 Å². The number of thioether (sulfide) groups is 1. The number of rotatable bonds is 1. The molecule has 1 aromatic heterocycles. The fourth-order valence-electron chi connectivity index (χ4n) is 2.10. The maximum absolute atomic E-state index is 6.01. The molecule has 1 aromatic rings. The lowest BCUT2D eigenvalue weighted by atomic mass is 10.1. The quantitative estimate of drug-likeness (QED) is 0.790. The van der Waals surface area contributed by atoms with Crippen LogP contribution in [0.4, 0.5) is 5.82 Å². The second-order valence-corrected chi connectivity index (χ2v) is 7.57. The van der Waals surface area contributed by atoms with Crippen molar-refractivity contribution in [2.24, 2.45) is 0 Å². The molecular formula is C13H20ClN3S. The van der Waals surface area contributed by atoms with Gasteiger partial charge in [-0.1, -0.05) is 25.4 Å². The van der Waals surface area contributed by atoms with E-state index in [0.29, 0.717) is 9.90 Å². The molecule has 0 aliphatic carbocycles. The van der Waals surface area contributed by atoms with E-state index >= 15 is 0 Å². The van der Waals surface area contributed by atoms with Gasteiger partial charge in [0.15, 0.2) is 11.0 Å². The van der Waals surface area contributed by atoms with Crippen LogP contribution in [-0.4, -0.2) is 33.8 Å². The van der Waals surface area contributed by atoms with Crippen LogP contribution < -0.4 is 4.90 Å². The lowest BCUT2D eigenvalue weighted by molar-refractivity contribution is 0.632. The lowest BCUT2D eigenvalue weighted by Crippen LogP contribution is -2.29. The van der Waals surface area contributed by atoms with Gasteiger partial charge >= 0.3 is 0 Å². The Hall–Kier alpha value is -0.480. The van der Waals surface area contributed by atoms with Crippen LogP contribution in [0.3, 0.4) is 0 Å². The molecule has 5 heteroatoms. The Balaban J connectivity index is 2.24. The van der Waals surface area contributed by atoms with Gasteiger partial charge in [0, 0.05) is 23.6 Å². The first kappa shape index (κ1) is 13.9. The fourth-order valence-corrected chi connectivity index (χ4v) is 3.38. The predicted octanol–water partition coefficient (Wildman–Crippen LogP) is 3.47. The molecule has 0 spiro atoms. The van der Waals surface area contributed by atoms with Gasteiger partial charge in [-0.2, -0.15) is 11.8 Å². The Bertz CT molecular complexity index is 448. The molecule has 1 fully saturated rings. The highest BCUT2D eigenvalue weighted by atomic mass is 35.5. The number of aromatic nitrogens is 2. The number of anilines is 1. The first-order valence-corrected chi connectivity index (χ1v) is 7.65. The molecule has 0 amide bonds. The molecule has 18 heavy (non-hydrogen) atoms. The predicted molar refractivity (Wildman–Crippen MR) is 79.9 cm³/mol. The van der Waals surface area contributed by atoms with Crippen molar-refractivity contribution < 1.29 is 0 Å². The van der Waals surface area contributed by atoms with Crippen LogP contribution in [0.1, 0.15) is 31.4 Å². The monoisotopic (exact) mass is 285 g/mol. The Labute approximate surface area is 118 Å². The van der Waals surface area contributed by atoms with Crippen LogP contribution in [0.15, 0.2) is 0 Å². The van der Waals surface area contributed by atoms with Crippen LogP contribution >= 0.6 is 23.4 Å². The minimum atomic E-state index is 0.359. The molecule has 3 nitrogen and oxygen atoms in total. The Kier molecular flexibility index (Phi) is 4.07. The normalized spacial score (nSPS) is 19.7. The molecule has 0 saturated carbocycles. The maximum Gasteiger partial charge on any atom is 0.155 e. The zero-order valence-corrected chi connectivity index (χ0v) is 13.0. The molecule has 1 aliphatic rings. The number of hydrogen-bond donors (Lipinski definition) is 0. The van der Waals surface area contributed by atoms with Gasteiger partial charge in [0.05, 0.1) is 0 Å². The summed E-state index contributed by atoms with van der Waals surface area (Å²) in [7, 11) is 0. The standard InChI is InChI=1S/C13H20ClN3S/c1-9-10(2)12(16-15-11(9)14)17-6-5-13(3,4)18-8-7-17/h5-8H2,1-4H3. The average Bonchev–Trinajstić information content (AvgIpc) is 2.48. The van der Waals surface area contributed by atoms with E-state index in [9.17, 15) is 0 Å². The number of halogens is 1. The first-order chi connectivity index (χ1) is 8.41. The molecule has 0 atom stereocenters. The number of nitrogens with zero attached hydrogens (tertiary/aromatic N) is 3.